The molecule has 0 saturated carbocycles. The SMILES string of the molecule is C.C=C.C[C@@H]1[C@H]2OC[C@]3(CO[C@@H](c4ccccc4)O[C@@H]13)O[C@H]2n1ccc(=O)[nH]c1=O.O=c1ccn([C@@H]2O[C@]34CO[C@@H](c5ccccc5)O[C@H]3C[C@H]2OC4)c(=O)[nH]1.O=c1ccn([C@@H]2O[C@]34CO[C@@H](c5ccccc5)O[C@H]3[C@H](O)[C@H]2OC4)c(=O)[nH]1.[2H]C[C@]12CO[C@H](C[C@@H]1O)[C@H](n1ccc(=O)[nH]c1=O)O2.[2H][2H].[3H]OC. The molecule has 33 nitrogen and oxygen atoms in total. The van der Waals surface area contributed by atoms with Gasteiger partial charge in [0.25, 0.3) is 22.2 Å². The molecule has 33 heteroatoms. The molecule has 554 valence electrons. The highest BCUT2D eigenvalue weighted by molar-refractivity contribution is 5.21. The van der Waals surface area contributed by atoms with E-state index in [4.69, 9.17) is 72.1 Å². The molecule has 21 atom stereocenters. The lowest BCUT2D eigenvalue weighted by molar-refractivity contribution is -0.422. The molecule has 0 radical (unpaired) electrons. The van der Waals surface area contributed by atoms with Gasteiger partial charge < -0.3 is 81.6 Å². The summed E-state index contributed by atoms with van der Waals surface area (Å²) in [6, 6.07) is 34.0. The highest BCUT2D eigenvalue weighted by atomic mass is 16.8. The van der Waals surface area contributed by atoms with Crippen LogP contribution < -0.4 is 45.0 Å². The molecule has 4 aromatic heterocycles. The number of aliphatic hydroxyl groups is 3. The van der Waals surface area contributed by atoms with Gasteiger partial charge in [-0.05, 0) is 6.90 Å². The minimum absolute atomic E-state index is 0. The van der Waals surface area contributed by atoms with E-state index in [9.17, 15) is 48.6 Å². The maximum absolute atomic E-state index is 12.2. The first kappa shape index (κ1) is 70.1. The normalized spacial score (nSPS) is 36.1. The number of fused-ring (bicyclic) bond motifs is 9. The van der Waals surface area contributed by atoms with E-state index in [1.807, 2.05) is 97.9 Å². The zero-order valence-corrected chi connectivity index (χ0v) is 55.2. The van der Waals surface area contributed by atoms with Gasteiger partial charge in [-0.3, -0.25) is 57.4 Å². The first-order chi connectivity index (χ1) is 51.3. The summed E-state index contributed by atoms with van der Waals surface area (Å²) in [6.07, 6.45) is -2.83. The molecule has 0 aliphatic carbocycles. The summed E-state index contributed by atoms with van der Waals surface area (Å²) in [5.41, 5.74) is -5.11. The summed E-state index contributed by atoms with van der Waals surface area (Å²) < 4.78 is 112. The van der Waals surface area contributed by atoms with Gasteiger partial charge in [0.1, 0.15) is 59.0 Å². The van der Waals surface area contributed by atoms with Crippen LogP contribution in [0.3, 0.4) is 0 Å². The van der Waals surface area contributed by atoms with Gasteiger partial charge >= 0.3 is 22.8 Å². The van der Waals surface area contributed by atoms with Crippen molar-refractivity contribution in [2.45, 2.75) is 155 Å². The Labute approximate surface area is 591 Å². The Morgan fingerprint density at radius 3 is 1.30 bits per heavy atom. The number of hydrogen-bond acceptors (Lipinski definition) is 25. The fourth-order valence-corrected chi connectivity index (χ4v) is 14.4. The van der Waals surface area contributed by atoms with Crippen LogP contribution in [-0.4, -0.2) is 186 Å². The van der Waals surface area contributed by atoms with Crippen molar-refractivity contribution in [1.29, 1.82) is 1.43 Å². The molecule has 3 aromatic carbocycles. The van der Waals surface area contributed by atoms with Crippen molar-refractivity contribution in [2.75, 3.05) is 53.4 Å². The van der Waals surface area contributed by atoms with E-state index in [1.54, 1.807) is 0 Å². The fraction of sp³-hybridized carbons (Fsp3) is 0.486. The Hall–Kier alpha value is -8.56. The van der Waals surface area contributed by atoms with Crippen molar-refractivity contribution >= 4 is 0 Å². The monoisotopic (exact) mass is 1440 g/mol. The van der Waals surface area contributed by atoms with Crippen molar-refractivity contribution in [3.63, 3.8) is 0 Å². The van der Waals surface area contributed by atoms with Crippen molar-refractivity contribution < 1.29 is 86.0 Å². The lowest BCUT2D eigenvalue weighted by Crippen LogP contribution is -2.74. The second kappa shape index (κ2) is 30.6. The van der Waals surface area contributed by atoms with Gasteiger partial charge in [-0.15, -0.1) is 13.2 Å². The van der Waals surface area contributed by atoms with Gasteiger partial charge in [0.2, 0.25) is 1.43 Å². The van der Waals surface area contributed by atoms with E-state index in [2.05, 4.69) is 38.2 Å². The molecule has 15 saturated heterocycles. The minimum atomic E-state index is -1.10. The third-order valence-electron chi connectivity index (χ3n) is 19.5. The summed E-state index contributed by atoms with van der Waals surface area (Å²) in [4.78, 5) is 102. The number of hydrogen-bond donors (Lipinski definition) is 7. The van der Waals surface area contributed by atoms with E-state index >= 15 is 0 Å². The van der Waals surface area contributed by atoms with Gasteiger partial charge in [0, 0.05) is 96.0 Å². The highest BCUT2D eigenvalue weighted by Crippen LogP contribution is 2.52. The number of benzene rings is 3. The largest absolute Gasteiger partial charge is 0.400 e. The molecular formula is C70H84N8O25. The topological polar surface area (TPSA) is 409 Å². The quantitative estimate of drug-likeness (QED) is 0.111. The number of aromatic amines is 4. The van der Waals surface area contributed by atoms with Crippen molar-refractivity contribution in [2.24, 2.45) is 5.92 Å². The lowest BCUT2D eigenvalue weighted by Gasteiger charge is -2.59. The fourth-order valence-electron chi connectivity index (χ4n) is 14.4. The maximum atomic E-state index is 12.2. The lowest BCUT2D eigenvalue weighted by atomic mass is 9.78. The Balaban J connectivity index is 0.000000139. The number of aliphatic hydroxyl groups excluding tert-OH is 3. The molecule has 7 N–H and O–H groups in total. The standard InChI is InChI=1S/C19H20N2O6.C18H18N2O7.C18H18N2O6.C11H14N2O5.C2H4.CH4O.CH4.H2/c1-11-14-16(21-8-7-13(22)20-18(21)23)27-19(9-24-14)10-25-17(26-15(11)19)12-5-3-2-4-6-12;21-11-6-7-20(17(23)19-11)15-13-12(22)14-18(27-15,8-24-13)9-25-16(26-14)10-4-2-1-3-5-10;21-14-6-7-20(17(22)19-14)15-12-8-13-18(26-15,9-23-12)10-24-16(25-13)11-4-2-1-3-5-11;1-11-5-17-6(4-7(11)14)9(18-11)13-3-2-8(15)12-10(13)16;2*1-2;;/h2-8,11,14-17H,9-10H2,1H3,(H,20,22,23);1-7,12-16,22H,8-9H2,(H,19,21,23);1-7,12-13,15-16H,8-10H2,(H,19,21,22);2-3,6-7,9,14H,4-5H2,1H3,(H,12,15,16);1-2H2;2H,1H3;1H4;1H/t11-,14-,15+,16-,17-,19-;12-,13-,14+,15-,16-,18-;12-,13+,15-,16-,18-;6-,7+,9-,11+;;;;/m1111..../s1/i;;;1D;;2T;;1+1D. The number of ether oxygens (including phenoxy) is 14. The van der Waals surface area contributed by atoms with E-state index in [-0.39, 0.29) is 64.5 Å². The minimum Gasteiger partial charge on any atom is -0.400 e. The second-order valence-corrected chi connectivity index (χ2v) is 25.8. The Morgan fingerprint density at radius 2 is 0.845 bits per heavy atom. The summed E-state index contributed by atoms with van der Waals surface area (Å²) in [5.74, 6) is -0.0218. The van der Waals surface area contributed by atoms with Crippen LogP contribution in [0, 0.1) is 5.92 Å². The van der Waals surface area contributed by atoms with Gasteiger partial charge in [0.15, 0.2) is 43.8 Å². The van der Waals surface area contributed by atoms with Gasteiger partial charge in [-0.25, -0.2) is 19.2 Å². The molecule has 15 aliphatic rings. The molecule has 15 aliphatic heterocycles. The summed E-state index contributed by atoms with van der Waals surface area (Å²) >= 11 is 0. The first-order valence-electron chi connectivity index (χ1n) is 34.9. The van der Waals surface area contributed by atoms with Gasteiger partial charge in [-0.2, -0.15) is 0 Å². The maximum Gasteiger partial charge on any atom is 0.330 e. The Bertz CT molecular complexity index is 4480. The molecule has 0 amide bonds. The zero-order valence-electron chi connectivity index (χ0n) is 59.2. The van der Waals surface area contributed by atoms with Crippen LogP contribution in [0.1, 0.15) is 98.9 Å². The number of nitrogens with one attached hydrogen (secondary N) is 4. The number of rotatable bonds is 7. The third kappa shape index (κ3) is 14.3. The number of aromatic nitrogens is 8. The van der Waals surface area contributed by atoms with Crippen molar-refractivity contribution in [3.8, 4) is 0 Å². The van der Waals surface area contributed by atoms with Crippen molar-refractivity contribution in [1.82, 2.24) is 38.2 Å². The molecule has 7 aromatic rings. The molecule has 0 unspecified atom stereocenters. The van der Waals surface area contributed by atoms with Crippen LogP contribution in [0.5, 0.6) is 0 Å². The molecule has 19 heterocycles. The molecule has 103 heavy (non-hydrogen) atoms. The van der Waals surface area contributed by atoms with Crippen molar-refractivity contribution in [3.05, 3.63) is 253 Å². The summed E-state index contributed by atoms with van der Waals surface area (Å²) in [7, 11) is 1.29. The number of nitrogens with zero attached hydrogens (tertiary/aromatic N) is 4. The number of H-pyrrole nitrogens is 4. The molecule has 15 fully saturated rings. The average Bonchev–Trinajstić information content (AvgIpc) is 0.727. The zero-order chi connectivity index (χ0) is 75.2. The van der Waals surface area contributed by atoms with Crippen LogP contribution in [0.25, 0.3) is 0 Å². The predicted molar refractivity (Wildman–Crippen MR) is 360 cm³/mol. The average molecular weight is 1440 g/mol. The van der Waals surface area contributed by atoms with Crippen LogP contribution in [0.4, 0.5) is 0 Å². The summed E-state index contributed by atoms with van der Waals surface area (Å²) in [6.45, 7) is 9.60. The summed E-state index contributed by atoms with van der Waals surface area (Å²) in [5, 5.41) is 24.3. The predicted octanol–water partition coefficient (Wildman–Crippen LogP) is 1.61. The van der Waals surface area contributed by atoms with Gasteiger partial charge in [0.05, 0.1) is 64.6 Å². The molecule has 22 rings (SSSR count). The highest BCUT2D eigenvalue weighted by Gasteiger charge is 2.65. The molecular weight excluding hydrogens is 1350 g/mol. The smallest absolute Gasteiger partial charge is 0.330 e. The second-order valence-electron chi connectivity index (χ2n) is 25.8. The third-order valence-corrected chi connectivity index (χ3v) is 19.5. The molecule has 3 spiro atoms. The van der Waals surface area contributed by atoms with E-state index in [1.165, 1.54) is 74.4 Å². The molecule has 8 bridgehead atoms. The van der Waals surface area contributed by atoms with E-state index < -0.39 is 142 Å². The van der Waals surface area contributed by atoms with Crippen LogP contribution >= 0.6 is 0 Å². The van der Waals surface area contributed by atoms with Crippen LogP contribution in [0.2, 0.25) is 0 Å². The van der Waals surface area contributed by atoms with E-state index in [0.717, 1.165) is 16.7 Å². The Morgan fingerprint density at radius 1 is 0.485 bits per heavy atom. The van der Waals surface area contributed by atoms with Gasteiger partial charge in [-0.1, -0.05) is 105 Å². The van der Waals surface area contributed by atoms with E-state index in [0.29, 0.717) is 39.3 Å². The van der Waals surface area contributed by atoms with Crippen LogP contribution in [0.15, 0.2) is 192 Å². The first-order valence-corrected chi connectivity index (χ1v) is 32.8. The Kier molecular flexibility index (Phi) is 20.9. The van der Waals surface area contributed by atoms with Crippen LogP contribution in [-0.2, 0) is 66.3 Å².